The number of ether oxygens (including phenoxy) is 2. The number of fused-ring (bicyclic) bond motifs is 2. The molecule has 8 nitrogen and oxygen atoms in total. The normalized spacial score (nSPS) is 13.8. The van der Waals surface area contributed by atoms with Crippen molar-refractivity contribution in [1.29, 1.82) is 0 Å². The van der Waals surface area contributed by atoms with E-state index in [2.05, 4.69) is 10.6 Å². The molecule has 8 heteroatoms. The summed E-state index contributed by atoms with van der Waals surface area (Å²) in [5.41, 5.74) is 1.33. The highest BCUT2D eigenvalue weighted by atomic mass is 16.5. The van der Waals surface area contributed by atoms with Crippen molar-refractivity contribution in [3.63, 3.8) is 0 Å². The smallest absolute Gasteiger partial charge is 0.336 e. The van der Waals surface area contributed by atoms with Crippen molar-refractivity contribution in [2.75, 3.05) is 18.5 Å². The van der Waals surface area contributed by atoms with Crippen LogP contribution in [0.5, 0.6) is 11.5 Å². The van der Waals surface area contributed by atoms with E-state index in [0.29, 0.717) is 22.8 Å². The average Bonchev–Trinajstić information content (AvgIpc) is 2.71. The second kappa shape index (κ2) is 7.67. The van der Waals surface area contributed by atoms with Crippen LogP contribution in [0.15, 0.2) is 57.7 Å². The molecule has 4 rings (SSSR count). The zero-order chi connectivity index (χ0) is 20.4. The summed E-state index contributed by atoms with van der Waals surface area (Å²) in [4.78, 5) is 35.0. The first-order chi connectivity index (χ1) is 14.0. The van der Waals surface area contributed by atoms with Crippen LogP contribution in [-0.4, -0.2) is 25.0 Å². The Hall–Kier alpha value is -3.81. The number of amides is 2. The first-order valence-electron chi connectivity index (χ1n) is 9.00. The van der Waals surface area contributed by atoms with Crippen LogP contribution in [0.1, 0.15) is 18.5 Å². The molecule has 0 bridgehead atoms. The molecule has 148 valence electrons. The number of anilines is 1. The highest BCUT2D eigenvalue weighted by molar-refractivity contribution is 5.95. The Kier molecular flexibility index (Phi) is 4.90. The Labute approximate surface area is 165 Å². The number of carbonyl (C=O) groups excluding carboxylic acids is 2. The van der Waals surface area contributed by atoms with E-state index in [1.54, 1.807) is 36.4 Å². The summed E-state index contributed by atoms with van der Waals surface area (Å²) >= 11 is 0. The minimum Gasteiger partial charge on any atom is -0.484 e. The van der Waals surface area contributed by atoms with Gasteiger partial charge in [0, 0.05) is 17.5 Å². The van der Waals surface area contributed by atoms with E-state index >= 15 is 0 Å². The number of rotatable bonds is 5. The molecule has 3 aromatic rings. The Morgan fingerprint density at radius 1 is 1.17 bits per heavy atom. The Morgan fingerprint density at radius 3 is 2.86 bits per heavy atom. The van der Waals surface area contributed by atoms with Crippen molar-refractivity contribution in [2.45, 2.75) is 13.0 Å². The zero-order valence-electron chi connectivity index (χ0n) is 15.6. The summed E-state index contributed by atoms with van der Waals surface area (Å²) in [7, 11) is 0. The Morgan fingerprint density at radius 2 is 2.00 bits per heavy atom. The van der Waals surface area contributed by atoms with Crippen LogP contribution in [0.4, 0.5) is 5.69 Å². The maximum absolute atomic E-state index is 12.3. The summed E-state index contributed by atoms with van der Waals surface area (Å²) in [6.45, 7) is 1.63. The predicted octanol–water partition coefficient (Wildman–Crippen LogP) is 2.38. The van der Waals surface area contributed by atoms with Crippen molar-refractivity contribution < 1.29 is 23.5 Å². The average molecular weight is 394 g/mol. The molecule has 2 amide bonds. The van der Waals surface area contributed by atoms with E-state index in [-0.39, 0.29) is 31.1 Å². The third-order valence-electron chi connectivity index (χ3n) is 4.48. The largest absolute Gasteiger partial charge is 0.484 e. The van der Waals surface area contributed by atoms with Crippen LogP contribution in [0.3, 0.4) is 0 Å². The van der Waals surface area contributed by atoms with Gasteiger partial charge in [0.2, 0.25) is 0 Å². The second-order valence-electron chi connectivity index (χ2n) is 6.62. The standard InChI is InChI=1S/C21H18N2O6/c1-12(14-3-6-17-16(8-14)23-20(25)11-28-17)22-19(24)10-27-15-5-2-13-4-7-21(26)29-18(13)9-15/h2-9,12H,10-11H2,1H3,(H,22,24)(H,23,25). The molecule has 0 saturated heterocycles. The first kappa shape index (κ1) is 18.5. The molecule has 2 aromatic carbocycles. The molecule has 1 aliphatic heterocycles. The van der Waals surface area contributed by atoms with Gasteiger partial charge < -0.3 is 24.5 Å². The van der Waals surface area contributed by atoms with Crippen molar-refractivity contribution >= 4 is 28.5 Å². The lowest BCUT2D eigenvalue weighted by atomic mass is 10.1. The lowest BCUT2D eigenvalue weighted by Gasteiger charge is -2.21. The molecule has 29 heavy (non-hydrogen) atoms. The maximum Gasteiger partial charge on any atom is 0.336 e. The van der Waals surface area contributed by atoms with E-state index in [0.717, 1.165) is 10.9 Å². The van der Waals surface area contributed by atoms with E-state index in [9.17, 15) is 14.4 Å². The predicted molar refractivity (Wildman–Crippen MR) is 105 cm³/mol. The van der Waals surface area contributed by atoms with Crippen LogP contribution < -0.4 is 25.7 Å². The number of hydrogen-bond donors (Lipinski definition) is 2. The van der Waals surface area contributed by atoms with Gasteiger partial charge >= 0.3 is 5.63 Å². The van der Waals surface area contributed by atoms with Gasteiger partial charge in [-0.2, -0.15) is 0 Å². The van der Waals surface area contributed by atoms with Gasteiger partial charge in [-0.25, -0.2) is 4.79 Å². The maximum atomic E-state index is 12.3. The molecular weight excluding hydrogens is 376 g/mol. The number of nitrogens with one attached hydrogen (secondary N) is 2. The number of carbonyl (C=O) groups is 2. The highest BCUT2D eigenvalue weighted by Crippen LogP contribution is 2.30. The Balaban J connectivity index is 1.37. The molecule has 2 N–H and O–H groups in total. The minimum absolute atomic E-state index is 0.00580. The Bertz CT molecular complexity index is 1150. The van der Waals surface area contributed by atoms with Crippen LogP contribution in [0.25, 0.3) is 11.0 Å². The molecule has 0 saturated carbocycles. The quantitative estimate of drug-likeness (QED) is 0.644. The topological polar surface area (TPSA) is 107 Å². The summed E-state index contributed by atoms with van der Waals surface area (Å²) < 4.78 is 15.9. The van der Waals surface area contributed by atoms with E-state index in [4.69, 9.17) is 13.9 Å². The fourth-order valence-electron chi connectivity index (χ4n) is 3.02. The molecule has 1 aliphatic rings. The van der Waals surface area contributed by atoms with Gasteiger partial charge in [-0.15, -0.1) is 0 Å². The van der Waals surface area contributed by atoms with Gasteiger partial charge in [0.1, 0.15) is 17.1 Å². The first-order valence-corrected chi connectivity index (χ1v) is 9.00. The van der Waals surface area contributed by atoms with Crippen LogP contribution >= 0.6 is 0 Å². The van der Waals surface area contributed by atoms with Crippen LogP contribution in [0.2, 0.25) is 0 Å². The second-order valence-corrected chi connectivity index (χ2v) is 6.62. The summed E-state index contributed by atoms with van der Waals surface area (Å²) in [6.07, 6.45) is 0. The molecule has 1 aromatic heterocycles. The summed E-state index contributed by atoms with van der Waals surface area (Å²) in [5.74, 6) is 0.484. The van der Waals surface area contributed by atoms with Crippen molar-refractivity contribution in [1.82, 2.24) is 5.32 Å². The summed E-state index contributed by atoms with van der Waals surface area (Å²) in [6, 6.07) is 13.1. The van der Waals surface area contributed by atoms with Crippen LogP contribution in [0, 0.1) is 0 Å². The molecule has 0 aliphatic carbocycles. The molecule has 0 spiro atoms. The van der Waals surface area contributed by atoms with Crippen molar-refractivity contribution in [3.05, 3.63) is 64.5 Å². The van der Waals surface area contributed by atoms with Gasteiger partial charge in [0.15, 0.2) is 13.2 Å². The van der Waals surface area contributed by atoms with E-state index < -0.39 is 5.63 Å². The third-order valence-corrected chi connectivity index (χ3v) is 4.48. The van der Waals surface area contributed by atoms with Gasteiger partial charge in [0.05, 0.1) is 11.7 Å². The van der Waals surface area contributed by atoms with Crippen molar-refractivity contribution in [2.24, 2.45) is 0 Å². The fourth-order valence-corrected chi connectivity index (χ4v) is 3.02. The van der Waals surface area contributed by atoms with Crippen molar-refractivity contribution in [3.8, 4) is 11.5 Å². The lowest BCUT2D eigenvalue weighted by Crippen LogP contribution is -2.31. The molecule has 0 radical (unpaired) electrons. The molecular formula is C21H18N2O6. The third kappa shape index (κ3) is 4.21. The molecule has 1 unspecified atom stereocenters. The zero-order valence-corrected chi connectivity index (χ0v) is 15.6. The monoisotopic (exact) mass is 394 g/mol. The highest BCUT2D eigenvalue weighted by Gasteiger charge is 2.18. The van der Waals surface area contributed by atoms with Gasteiger partial charge in [0.25, 0.3) is 11.8 Å². The fraction of sp³-hybridized carbons (Fsp3) is 0.190. The molecule has 1 atom stereocenters. The SMILES string of the molecule is CC(NC(=O)COc1ccc2ccc(=O)oc2c1)c1ccc2c(c1)NC(=O)CO2. The van der Waals surface area contributed by atoms with Gasteiger partial charge in [-0.05, 0) is 42.8 Å². The van der Waals surface area contributed by atoms with Crippen LogP contribution in [-0.2, 0) is 9.59 Å². The minimum atomic E-state index is -0.451. The lowest BCUT2D eigenvalue weighted by molar-refractivity contribution is -0.123. The number of benzene rings is 2. The van der Waals surface area contributed by atoms with Gasteiger partial charge in [-0.1, -0.05) is 6.07 Å². The molecule has 0 fully saturated rings. The number of hydrogen-bond acceptors (Lipinski definition) is 6. The van der Waals surface area contributed by atoms with E-state index in [1.165, 1.54) is 6.07 Å². The molecule has 2 heterocycles. The van der Waals surface area contributed by atoms with Gasteiger partial charge in [-0.3, -0.25) is 9.59 Å². The van der Waals surface area contributed by atoms with E-state index in [1.807, 2.05) is 13.0 Å². The summed E-state index contributed by atoms with van der Waals surface area (Å²) in [5, 5.41) is 6.34.